The molecule has 1 aliphatic rings. The van der Waals surface area contributed by atoms with Crippen LogP contribution in [0.2, 0.25) is 0 Å². The molecule has 6 nitrogen and oxygen atoms in total. The maximum atomic E-state index is 14.0. The molecule has 1 saturated heterocycles. The number of hydrogen-bond acceptors (Lipinski definition) is 5. The van der Waals surface area contributed by atoms with E-state index in [1.807, 2.05) is 48.5 Å². The lowest BCUT2D eigenvalue weighted by atomic mass is 10.0. The normalized spacial score (nSPS) is 14.9. The summed E-state index contributed by atoms with van der Waals surface area (Å²) in [6, 6.07) is 20.4. The maximum Gasteiger partial charge on any atom is 0.251 e. The van der Waals surface area contributed by atoms with Crippen molar-refractivity contribution in [3.05, 3.63) is 83.7 Å². The van der Waals surface area contributed by atoms with Gasteiger partial charge in [-0.05, 0) is 48.7 Å². The van der Waals surface area contributed by atoms with Crippen molar-refractivity contribution in [2.45, 2.75) is 25.4 Å². The van der Waals surface area contributed by atoms with Gasteiger partial charge in [-0.2, -0.15) is 0 Å². The average molecular weight is 460 g/mol. The predicted octanol–water partition coefficient (Wildman–Crippen LogP) is 5.04. The first kappa shape index (κ1) is 22.1. The van der Waals surface area contributed by atoms with Crippen LogP contribution in [0.15, 0.2) is 71.3 Å². The van der Waals surface area contributed by atoms with E-state index in [0.717, 1.165) is 48.0 Å². The molecule has 0 atom stereocenters. The van der Waals surface area contributed by atoms with Gasteiger partial charge >= 0.3 is 0 Å². The van der Waals surface area contributed by atoms with Crippen LogP contribution < -0.4 is 10.1 Å². The SMILES string of the molecule is COc1ccc(CN2CCC(NC(=O)c3ccc4noc(-c5ccccc5)c4c3)CC2)cc1F. The Morgan fingerprint density at radius 3 is 2.65 bits per heavy atom. The lowest BCUT2D eigenvalue weighted by molar-refractivity contribution is 0.0909. The topological polar surface area (TPSA) is 67.6 Å². The summed E-state index contributed by atoms with van der Waals surface area (Å²) in [5, 5.41) is 8.11. The number of amides is 1. The molecule has 1 fully saturated rings. The second-order valence-corrected chi connectivity index (χ2v) is 8.60. The van der Waals surface area contributed by atoms with E-state index < -0.39 is 0 Å². The van der Waals surface area contributed by atoms with Crippen LogP contribution in [0.4, 0.5) is 4.39 Å². The van der Waals surface area contributed by atoms with Crippen molar-refractivity contribution < 1.29 is 18.4 Å². The van der Waals surface area contributed by atoms with Crippen LogP contribution in [-0.2, 0) is 6.54 Å². The predicted molar refractivity (Wildman–Crippen MR) is 128 cm³/mol. The van der Waals surface area contributed by atoms with E-state index in [1.165, 1.54) is 13.2 Å². The second kappa shape index (κ2) is 9.65. The monoisotopic (exact) mass is 459 g/mol. The van der Waals surface area contributed by atoms with Gasteiger partial charge in [-0.15, -0.1) is 0 Å². The van der Waals surface area contributed by atoms with Crippen molar-refractivity contribution in [3.8, 4) is 17.1 Å². The number of likely N-dealkylation sites (tertiary alicyclic amines) is 1. The Bertz CT molecular complexity index is 1300. The summed E-state index contributed by atoms with van der Waals surface area (Å²) in [7, 11) is 1.46. The number of nitrogens with one attached hydrogen (secondary N) is 1. The van der Waals surface area contributed by atoms with Crippen LogP contribution in [0.25, 0.3) is 22.2 Å². The molecule has 34 heavy (non-hydrogen) atoms. The number of rotatable bonds is 6. The van der Waals surface area contributed by atoms with Crippen LogP contribution >= 0.6 is 0 Å². The first-order chi connectivity index (χ1) is 16.6. The first-order valence-corrected chi connectivity index (χ1v) is 11.4. The maximum absolute atomic E-state index is 14.0. The van der Waals surface area contributed by atoms with Gasteiger partial charge in [-0.25, -0.2) is 4.39 Å². The number of nitrogens with zero attached hydrogens (tertiary/aromatic N) is 2. The van der Waals surface area contributed by atoms with Gasteiger partial charge in [0.05, 0.1) is 12.5 Å². The highest BCUT2D eigenvalue weighted by Gasteiger charge is 2.22. The third-order valence-electron chi connectivity index (χ3n) is 6.32. The summed E-state index contributed by atoms with van der Waals surface area (Å²) in [4.78, 5) is 15.2. The molecule has 3 aromatic carbocycles. The Hall–Kier alpha value is -3.71. The van der Waals surface area contributed by atoms with Gasteiger partial charge in [0.15, 0.2) is 17.3 Å². The van der Waals surface area contributed by atoms with E-state index in [4.69, 9.17) is 9.26 Å². The van der Waals surface area contributed by atoms with E-state index in [2.05, 4.69) is 15.4 Å². The van der Waals surface area contributed by atoms with Crippen LogP contribution in [0.1, 0.15) is 28.8 Å². The zero-order chi connectivity index (χ0) is 23.5. The molecule has 5 rings (SSSR count). The summed E-state index contributed by atoms with van der Waals surface area (Å²) < 4.78 is 24.5. The van der Waals surface area contributed by atoms with Crippen molar-refractivity contribution in [1.82, 2.24) is 15.4 Å². The molecule has 0 bridgehead atoms. The highest BCUT2D eigenvalue weighted by Crippen LogP contribution is 2.29. The third-order valence-corrected chi connectivity index (χ3v) is 6.32. The number of hydrogen-bond donors (Lipinski definition) is 1. The highest BCUT2D eigenvalue weighted by molar-refractivity contribution is 6.01. The van der Waals surface area contributed by atoms with Gasteiger partial charge < -0.3 is 14.6 Å². The number of carbonyl (C=O) groups is 1. The second-order valence-electron chi connectivity index (χ2n) is 8.60. The molecule has 1 aromatic heterocycles. The third kappa shape index (κ3) is 4.65. The Kier molecular flexibility index (Phi) is 6.27. The van der Waals surface area contributed by atoms with E-state index in [0.29, 0.717) is 17.9 Å². The zero-order valence-electron chi connectivity index (χ0n) is 19.0. The molecular weight excluding hydrogens is 433 g/mol. The van der Waals surface area contributed by atoms with E-state index in [1.54, 1.807) is 12.1 Å². The number of carbonyl (C=O) groups excluding carboxylic acids is 1. The number of benzene rings is 3. The molecular formula is C27H26FN3O3. The quantitative estimate of drug-likeness (QED) is 0.438. The molecule has 4 aromatic rings. The number of halogens is 1. The Balaban J connectivity index is 1.20. The summed E-state index contributed by atoms with van der Waals surface area (Å²) in [6.07, 6.45) is 1.68. The molecule has 2 heterocycles. The standard InChI is InChI=1S/C27H26FN3O3/c1-33-25-10-7-18(15-23(25)28)17-31-13-11-21(12-14-31)29-27(32)20-8-9-24-22(16-20)26(34-30-24)19-5-3-2-4-6-19/h2-10,15-16,21H,11-14,17H2,1H3,(H,29,32). The number of piperidine rings is 1. The summed E-state index contributed by atoms with van der Waals surface area (Å²) in [5.41, 5.74) is 3.14. The summed E-state index contributed by atoms with van der Waals surface area (Å²) in [5.74, 6) is 0.471. The Morgan fingerprint density at radius 1 is 1.12 bits per heavy atom. The van der Waals surface area contributed by atoms with Crippen molar-refractivity contribution >= 4 is 16.8 Å². The minimum absolute atomic E-state index is 0.0993. The van der Waals surface area contributed by atoms with Gasteiger partial charge in [0.1, 0.15) is 5.52 Å². The fourth-order valence-electron chi connectivity index (χ4n) is 4.45. The zero-order valence-corrected chi connectivity index (χ0v) is 19.0. The Morgan fingerprint density at radius 2 is 1.91 bits per heavy atom. The van der Waals surface area contributed by atoms with Crippen LogP contribution in [-0.4, -0.2) is 42.2 Å². The van der Waals surface area contributed by atoms with E-state index in [9.17, 15) is 9.18 Å². The molecule has 0 spiro atoms. The first-order valence-electron chi connectivity index (χ1n) is 11.4. The van der Waals surface area contributed by atoms with Gasteiger partial charge in [0.25, 0.3) is 5.91 Å². The van der Waals surface area contributed by atoms with E-state index >= 15 is 0 Å². The molecule has 7 heteroatoms. The van der Waals surface area contributed by atoms with Crippen molar-refractivity contribution in [2.75, 3.05) is 20.2 Å². The van der Waals surface area contributed by atoms with Crippen molar-refractivity contribution in [3.63, 3.8) is 0 Å². The molecule has 1 N–H and O–H groups in total. The number of aromatic nitrogens is 1. The largest absolute Gasteiger partial charge is 0.494 e. The fraction of sp³-hybridized carbons (Fsp3) is 0.259. The number of ether oxygens (including phenoxy) is 1. The fourth-order valence-corrected chi connectivity index (χ4v) is 4.45. The molecule has 1 aliphatic heterocycles. The lowest BCUT2D eigenvalue weighted by Crippen LogP contribution is -2.44. The van der Waals surface area contributed by atoms with E-state index in [-0.39, 0.29) is 23.5 Å². The minimum atomic E-state index is -0.345. The van der Waals surface area contributed by atoms with Gasteiger partial charge in [-0.3, -0.25) is 9.69 Å². The lowest BCUT2D eigenvalue weighted by Gasteiger charge is -2.32. The Labute approximate surface area is 197 Å². The van der Waals surface area contributed by atoms with Gasteiger partial charge in [0.2, 0.25) is 0 Å². The van der Waals surface area contributed by atoms with Crippen LogP contribution in [0.3, 0.4) is 0 Å². The van der Waals surface area contributed by atoms with Crippen LogP contribution in [0, 0.1) is 5.82 Å². The average Bonchev–Trinajstić information content (AvgIpc) is 3.29. The van der Waals surface area contributed by atoms with Crippen molar-refractivity contribution in [2.24, 2.45) is 0 Å². The molecule has 0 radical (unpaired) electrons. The van der Waals surface area contributed by atoms with Crippen LogP contribution in [0.5, 0.6) is 5.75 Å². The van der Waals surface area contributed by atoms with Crippen molar-refractivity contribution in [1.29, 1.82) is 0 Å². The molecule has 0 unspecified atom stereocenters. The minimum Gasteiger partial charge on any atom is -0.494 e. The molecule has 1 amide bonds. The summed E-state index contributed by atoms with van der Waals surface area (Å²) in [6.45, 7) is 2.34. The van der Waals surface area contributed by atoms with Gasteiger partial charge in [-0.1, -0.05) is 41.6 Å². The molecule has 174 valence electrons. The highest BCUT2D eigenvalue weighted by atomic mass is 19.1. The number of fused-ring (bicyclic) bond motifs is 1. The summed E-state index contributed by atoms with van der Waals surface area (Å²) >= 11 is 0. The molecule has 0 saturated carbocycles. The molecule has 0 aliphatic carbocycles. The van der Waals surface area contributed by atoms with Gasteiger partial charge in [0, 0.05) is 36.8 Å². The number of methoxy groups -OCH3 is 1. The smallest absolute Gasteiger partial charge is 0.251 e.